The Kier molecular flexibility index (Phi) is 4.61. The lowest BCUT2D eigenvalue weighted by atomic mass is 9.97. The Labute approximate surface area is 117 Å². The Morgan fingerprint density at radius 1 is 1.58 bits per heavy atom. The Hall–Kier alpha value is -1.33. The predicted octanol–water partition coefficient (Wildman–Crippen LogP) is 2.19. The van der Waals surface area contributed by atoms with Crippen LogP contribution in [0.1, 0.15) is 23.2 Å². The first-order chi connectivity index (χ1) is 9.06. The standard InChI is InChI=1S/C13H18ClN3O2/c1-17-4-2-9(3-5-17)7-15-12-11(14)6-10(8-16-12)13(18)19/h6,8-9H,2-5,7H2,1H3,(H,15,16)(H,18,19). The second kappa shape index (κ2) is 6.21. The largest absolute Gasteiger partial charge is 0.478 e. The number of nitrogens with one attached hydrogen (secondary N) is 1. The maximum atomic E-state index is 10.8. The lowest BCUT2D eigenvalue weighted by Gasteiger charge is -2.29. The number of aromatic carboxylic acids is 1. The number of rotatable bonds is 4. The molecule has 1 aliphatic heterocycles. The van der Waals surface area contributed by atoms with Crippen molar-refractivity contribution in [3.8, 4) is 0 Å². The summed E-state index contributed by atoms with van der Waals surface area (Å²) in [5, 5.41) is 12.4. The Bertz CT molecular complexity index is 459. The highest BCUT2D eigenvalue weighted by atomic mass is 35.5. The van der Waals surface area contributed by atoms with Gasteiger partial charge in [-0.2, -0.15) is 0 Å². The summed E-state index contributed by atoms with van der Waals surface area (Å²) in [6, 6.07) is 1.42. The topological polar surface area (TPSA) is 65.5 Å². The minimum absolute atomic E-state index is 0.106. The van der Waals surface area contributed by atoms with Crippen molar-refractivity contribution in [2.24, 2.45) is 5.92 Å². The number of piperidine rings is 1. The van der Waals surface area contributed by atoms with Gasteiger partial charge in [0, 0.05) is 12.7 Å². The summed E-state index contributed by atoms with van der Waals surface area (Å²) in [7, 11) is 2.13. The molecular formula is C13H18ClN3O2. The van der Waals surface area contributed by atoms with Gasteiger partial charge in [-0.25, -0.2) is 9.78 Å². The Balaban J connectivity index is 1.91. The highest BCUT2D eigenvalue weighted by molar-refractivity contribution is 6.33. The molecule has 0 bridgehead atoms. The molecule has 0 aliphatic carbocycles. The van der Waals surface area contributed by atoms with E-state index in [1.807, 2.05) is 0 Å². The third kappa shape index (κ3) is 3.81. The molecule has 2 N–H and O–H groups in total. The van der Waals surface area contributed by atoms with Gasteiger partial charge in [0.1, 0.15) is 5.82 Å². The third-order valence-electron chi connectivity index (χ3n) is 3.48. The van der Waals surface area contributed by atoms with Crippen molar-refractivity contribution in [2.45, 2.75) is 12.8 Å². The van der Waals surface area contributed by atoms with Crippen molar-refractivity contribution in [3.63, 3.8) is 0 Å². The third-order valence-corrected chi connectivity index (χ3v) is 3.77. The molecular weight excluding hydrogens is 266 g/mol. The molecule has 5 nitrogen and oxygen atoms in total. The fraction of sp³-hybridized carbons (Fsp3) is 0.538. The van der Waals surface area contributed by atoms with Gasteiger partial charge in [-0.05, 0) is 45.0 Å². The van der Waals surface area contributed by atoms with Gasteiger partial charge in [-0.1, -0.05) is 11.6 Å². The first-order valence-electron chi connectivity index (χ1n) is 6.37. The van der Waals surface area contributed by atoms with Crippen LogP contribution in [0.5, 0.6) is 0 Å². The average molecular weight is 284 g/mol. The summed E-state index contributed by atoms with van der Waals surface area (Å²) in [4.78, 5) is 17.2. The lowest BCUT2D eigenvalue weighted by Crippen LogP contribution is -2.33. The lowest BCUT2D eigenvalue weighted by molar-refractivity contribution is 0.0696. The molecule has 0 unspecified atom stereocenters. The van der Waals surface area contributed by atoms with Crippen molar-refractivity contribution in [3.05, 3.63) is 22.8 Å². The number of pyridine rings is 1. The van der Waals surface area contributed by atoms with E-state index < -0.39 is 5.97 Å². The molecule has 0 spiro atoms. The second-order valence-electron chi connectivity index (χ2n) is 4.99. The van der Waals surface area contributed by atoms with E-state index in [0.717, 1.165) is 32.5 Å². The maximum Gasteiger partial charge on any atom is 0.337 e. The number of hydrogen-bond acceptors (Lipinski definition) is 4. The molecule has 0 saturated carbocycles. The molecule has 19 heavy (non-hydrogen) atoms. The molecule has 0 atom stereocenters. The molecule has 1 aliphatic rings. The zero-order chi connectivity index (χ0) is 13.8. The molecule has 2 heterocycles. The van der Waals surface area contributed by atoms with Crippen LogP contribution in [0.2, 0.25) is 5.02 Å². The molecule has 1 saturated heterocycles. The van der Waals surface area contributed by atoms with Gasteiger partial charge in [0.15, 0.2) is 0 Å². The summed E-state index contributed by atoms with van der Waals surface area (Å²) in [6.45, 7) is 3.06. The van der Waals surface area contributed by atoms with Crippen molar-refractivity contribution >= 4 is 23.4 Å². The molecule has 0 aromatic carbocycles. The Morgan fingerprint density at radius 3 is 2.84 bits per heavy atom. The molecule has 0 radical (unpaired) electrons. The van der Waals surface area contributed by atoms with Gasteiger partial charge < -0.3 is 15.3 Å². The number of hydrogen-bond donors (Lipinski definition) is 2. The molecule has 1 fully saturated rings. The number of halogens is 1. The molecule has 104 valence electrons. The van der Waals surface area contributed by atoms with Gasteiger partial charge in [0.25, 0.3) is 0 Å². The number of carboxylic acids is 1. The smallest absolute Gasteiger partial charge is 0.337 e. The first kappa shape index (κ1) is 14.1. The molecule has 2 rings (SSSR count). The minimum Gasteiger partial charge on any atom is -0.478 e. The second-order valence-corrected chi connectivity index (χ2v) is 5.39. The quantitative estimate of drug-likeness (QED) is 0.887. The van der Waals surface area contributed by atoms with Crippen LogP contribution in [-0.4, -0.2) is 47.6 Å². The summed E-state index contributed by atoms with van der Waals surface area (Å²) in [5.74, 6) is 0.162. The van der Waals surface area contributed by atoms with Crippen LogP contribution in [0.4, 0.5) is 5.82 Å². The van der Waals surface area contributed by atoms with E-state index in [-0.39, 0.29) is 5.56 Å². The Morgan fingerprint density at radius 2 is 2.26 bits per heavy atom. The van der Waals surface area contributed by atoms with Crippen LogP contribution in [-0.2, 0) is 0 Å². The fourth-order valence-corrected chi connectivity index (χ4v) is 2.43. The molecule has 0 amide bonds. The minimum atomic E-state index is -1.02. The van der Waals surface area contributed by atoms with Gasteiger partial charge in [0.2, 0.25) is 0 Å². The van der Waals surface area contributed by atoms with E-state index in [0.29, 0.717) is 16.8 Å². The number of anilines is 1. The fourth-order valence-electron chi connectivity index (χ4n) is 2.19. The van der Waals surface area contributed by atoms with Crippen LogP contribution < -0.4 is 5.32 Å². The van der Waals surface area contributed by atoms with Gasteiger partial charge in [-0.3, -0.25) is 0 Å². The summed E-state index contributed by atoms with van der Waals surface area (Å²) >= 11 is 6.02. The highest BCUT2D eigenvalue weighted by Gasteiger charge is 2.17. The molecule has 1 aromatic rings. The van der Waals surface area contributed by atoms with Gasteiger partial charge >= 0.3 is 5.97 Å². The molecule has 6 heteroatoms. The van der Waals surface area contributed by atoms with E-state index in [2.05, 4.69) is 22.2 Å². The van der Waals surface area contributed by atoms with E-state index in [9.17, 15) is 4.79 Å². The maximum absolute atomic E-state index is 10.8. The van der Waals surface area contributed by atoms with E-state index in [1.54, 1.807) is 0 Å². The van der Waals surface area contributed by atoms with Gasteiger partial charge in [-0.15, -0.1) is 0 Å². The van der Waals surface area contributed by atoms with E-state index >= 15 is 0 Å². The van der Waals surface area contributed by atoms with Crippen LogP contribution >= 0.6 is 11.6 Å². The van der Waals surface area contributed by atoms with Crippen LogP contribution in [0.25, 0.3) is 0 Å². The number of likely N-dealkylation sites (tertiary alicyclic amines) is 1. The first-order valence-corrected chi connectivity index (χ1v) is 6.75. The average Bonchev–Trinajstić information content (AvgIpc) is 2.39. The number of carbonyl (C=O) groups is 1. The normalized spacial score (nSPS) is 17.4. The van der Waals surface area contributed by atoms with Crippen LogP contribution in [0.3, 0.4) is 0 Å². The van der Waals surface area contributed by atoms with Crippen molar-refractivity contribution in [2.75, 3.05) is 32.0 Å². The van der Waals surface area contributed by atoms with Crippen molar-refractivity contribution < 1.29 is 9.90 Å². The van der Waals surface area contributed by atoms with Gasteiger partial charge in [0.05, 0.1) is 10.6 Å². The number of nitrogens with zero attached hydrogens (tertiary/aromatic N) is 2. The van der Waals surface area contributed by atoms with Crippen LogP contribution in [0, 0.1) is 5.92 Å². The zero-order valence-electron chi connectivity index (χ0n) is 10.9. The van der Waals surface area contributed by atoms with Crippen molar-refractivity contribution in [1.29, 1.82) is 0 Å². The molecule has 1 aromatic heterocycles. The van der Waals surface area contributed by atoms with E-state index in [1.165, 1.54) is 12.3 Å². The van der Waals surface area contributed by atoms with E-state index in [4.69, 9.17) is 16.7 Å². The zero-order valence-corrected chi connectivity index (χ0v) is 11.7. The highest BCUT2D eigenvalue weighted by Crippen LogP contribution is 2.22. The summed E-state index contributed by atoms with van der Waals surface area (Å²) in [5.41, 5.74) is 0.106. The predicted molar refractivity (Wildman–Crippen MR) is 74.9 cm³/mol. The summed E-state index contributed by atoms with van der Waals surface area (Å²) in [6.07, 6.45) is 3.65. The SMILES string of the molecule is CN1CCC(CNc2ncc(C(=O)O)cc2Cl)CC1. The van der Waals surface area contributed by atoms with Crippen LogP contribution in [0.15, 0.2) is 12.3 Å². The monoisotopic (exact) mass is 283 g/mol. The number of carboxylic acid groups (broad SMARTS) is 1. The number of aromatic nitrogens is 1. The summed E-state index contributed by atoms with van der Waals surface area (Å²) < 4.78 is 0. The van der Waals surface area contributed by atoms with Crippen molar-refractivity contribution in [1.82, 2.24) is 9.88 Å².